The SMILES string of the molecule is C=C(O/C(C)=N/C)/C1=C(\C)CCC2C(C(=C)N(C)\C1=C/C)c1ccccc1-c1cccc[n+]12. The molecule has 4 heteroatoms. The van der Waals surface area contributed by atoms with E-state index in [1.165, 1.54) is 22.4 Å². The van der Waals surface area contributed by atoms with Crippen molar-refractivity contribution in [3.63, 3.8) is 0 Å². The minimum Gasteiger partial charge on any atom is -0.444 e. The normalized spacial score (nSPS) is 24.3. The summed E-state index contributed by atoms with van der Waals surface area (Å²) >= 11 is 0. The molecule has 0 aliphatic carbocycles. The minimum atomic E-state index is 0.168. The maximum absolute atomic E-state index is 5.99. The molecule has 2 unspecified atom stereocenters. The highest BCUT2D eigenvalue weighted by molar-refractivity contribution is 5.75. The van der Waals surface area contributed by atoms with Crippen molar-refractivity contribution in [1.82, 2.24) is 4.90 Å². The molecule has 2 aliphatic rings. The average molecular weight is 441 g/mol. The molecule has 3 heterocycles. The molecule has 0 amide bonds. The molecule has 0 saturated heterocycles. The number of fused-ring (bicyclic) bond motifs is 6. The van der Waals surface area contributed by atoms with Crippen molar-refractivity contribution in [2.24, 2.45) is 4.99 Å². The number of aromatic nitrogens is 1. The fourth-order valence-electron chi connectivity index (χ4n) is 5.28. The second-order valence-corrected chi connectivity index (χ2v) is 8.81. The number of likely N-dealkylation sites (N-methyl/N-ethyl adjacent to an activating group) is 1. The number of hydrogen-bond acceptors (Lipinski definition) is 3. The molecule has 2 aromatic rings. The van der Waals surface area contributed by atoms with E-state index in [1.54, 1.807) is 7.05 Å². The molecule has 0 fully saturated rings. The van der Waals surface area contributed by atoms with Gasteiger partial charge in [0.15, 0.2) is 18.1 Å². The summed E-state index contributed by atoms with van der Waals surface area (Å²) in [6.45, 7) is 15.0. The number of aliphatic imine (C=N–C) groups is 1. The molecule has 4 nitrogen and oxygen atoms in total. The van der Waals surface area contributed by atoms with Crippen molar-refractivity contribution >= 4 is 5.90 Å². The Morgan fingerprint density at radius 1 is 1.21 bits per heavy atom. The standard InChI is InChI=1S/C29H34N3O/c1-8-25-28(21(4)33-22(5)30-6)19(2)16-17-27-29(20(3)31(25)7)24-14-10-9-13-23(24)26-15-11-12-18-32(26)27/h8-15,18,27,29H,3-4,16-17H2,1-2,5-7H3/q+1/b25-8-,28-19-,30-22+. The zero-order valence-electron chi connectivity index (χ0n) is 20.4. The van der Waals surface area contributed by atoms with Gasteiger partial charge < -0.3 is 9.64 Å². The fraction of sp³-hybridized carbons (Fsp3) is 0.310. The Hall–Kier alpha value is -3.40. The molecule has 0 N–H and O–H groups in total. The Labute approximate surface area is 197 Å². The van der Waals surface area contributed by atoms with Gasteiger partial charge in [-0.3, -0.25) is 4.99 Å². The quantitative estimate of drug-likeness (QED) is 0.237. The van der Waals surface area contributed by atoms with Crippen LogP contribution in [0.3, 0.4) is 0 Å². The molecule has 33 heavy (non-hydrogen) atoms. The monoisotopic (exact) mass is 440 g/mol. The van der Waals surface area contributed by atoms with E-state index in [0.717, 1.165) is 29.8 Å². The number of hydrogen-bond donors (Lipinski definition) is 0. The second kappa shape index (κ2) is 9.22. The molecular weight excluding hydrogens is 406 g/mol. The summed E-state index contributed by atoms with van der Waals surface area (Å²) in [6, 6.07) is 15.5. The van der Waals surface area contributed by atoms with Crippen LogP contribution in [-0.2, 0) is 4.74 Å². The Kier molecular flexibility index (Phi) is 6.37. The maximum atomic E-state index is 5.99. The second-order valence-electron chi connectivity index (χ2n) is 8.81. The maximum Gasteiger partial charge on any atom is 0.213 e. The number of rotatable bonds is 2. The molecule has 170 valence electrons. The van der Waals surface area contributed by atoms with E-state index in [9.17, 15) is 0 Å². The zero-order valence-corrected chi connectivity index (χ0v) is 20.4. The van der Waals surface area contributed by atoms with Crippen molar-refractivity contribution in [3.8, 4) is 11.3 Å². The van der Waals surface area contributed by atoms with Gasteiger partial charge in [-0.05, 0) is 38.0 Å². The lowest BCUT2D eigenvalue weighted by Crippen LogP contribution is -2.48. The van der Waals surface area contributed by atoms with Crippen molar-refractivity contribution in [1.29, 1.82) is 0 Å². The van der Waals surface area contributed by atoms with Crippen molar-refractivity contribution in [2.75, 3.05) is 14.1 Å². The van der Waals surface area contributed by atoms with Gasteiger partial charge in [0.2, 0.25) is 5.69 Å². The molecule has 1 aromatic carbocycles. The zero-order chi connectivity index (χ0) is 23.7. The third-order valence-electron chi connectivity index (χ3n) is 6.99. The van der Waals surface area contributed by atoms with Gasteiger partial charge in [-0.15, -0.1) is 0 Å². The molecule has 4 rings (SSSR count). The lowest BCUT2D eigenvalue weighted by Gasteiger charge is -2.36. The highest BCUT2D eigenvalue weighted by Crippen LogP contribution is 2.47. The van der Waals surface area contributed by atoms with Crippen molar-refractivity contribution < 1.29 is 9.30 Å². The summed E-state index contributed by atoms with van der Waals surface area (Å²) in [5.74, 6) is 1.40. The molecular formula is C29H34N3O+. The first-order chi connectivity index (χ1) is 15.9. The summed E-state index contributed by atoms with van der Waals surface area (Å²) < 4.78 is 8.43. The molecule has 2 atom stereocenters. The molecule has 0 saturated carbocycles. The largest absolute Gasteiger partial charge is 0.444 e. The highest BCUT2D eigenvalue weighted by atomic mass is 16.5. The molecule has 0 spiro atoms. The van der Waals surface area contributed by atoms with E-state index >= 15 is 0 Å². The van der Waals surface area contributed by atoms with Crippen LogP contribution >= 0.6 is 0 Å². The lowest BCUT2D eigenvalue weighted by molar-refractivity contribution is -0.717. The van der Waals surface area contributed by atoms with Crippen LogP contribution in [0.5, 0.6) is 0 Å². The van der Waals surface area contributed by atoms with Crippen LogP contribution in [0.1, 0.15) is 51.1 Å². The predicted molar refractivity (Wildman–Crippen MR) is 136 cm³/mol. The van der Waals surface area contributed by atoms with E-state index in [2.05, 4.69) is 103 Å². The third kappa shape index (κ3) is 3.95. The van der Waals surface area contributed by atoms with Crippen LogP contribution in [0.15, 0.2) is 101 Å². The summed E-state index contributed by atoms with van der Waals surface area (Å²) in [4.78, 5) is 6.38. The first kappa shape index (κ1) is 22.8. The van der Waals surface area contributed by atoms with Crippen LogP contribution < -0.4 is 4.57 Å². The smallest absolute Gasteiger partial charge is 0.213 e. The predicted octanol–water partition coefficient (Wildman–Crippen LogP) is 6.32. The molecule has 1 aromatic heterocycles. The van der Waals surface area contributed by atoms with E-state index in [1.807, 2.05) is 6.92 Å². The summed E-state index contributed by atoms with van der Waals surface area (Å²) in [5.41, 5.74) is 8.31. The highest BCUT2D eigenvalue weighted by Gasteiger charge is 2.43. The van der Waals surface area contributed by atoms with Crippen LogP contribution in [-0.4, -0.2) is 24.9 Å². The summed E-state index contributed by atoms with van der Waals surface area (Å²) in [6.07, 6.45) is 6.28. The van der Waals surface area contributed by atoms with Crippen LogP contribution in [0, 0.1) is 0 Å². The Balaban J connectivity index is 1.88. The number of benzene rings is 1. The molecule has 2 aliphatic heterocycles. The topological polar surface area (TPSA) is 28.7 Å². The van der Waals surface area contributed by atoms with Gasteiger partial charge in [0, 0.05) is 56.5 Å². The summed E-state index contributed by atoms with van der Waals surface area (Å²) in [5, 5.41) is 0. The number of allylic oxidation sites excluding steroid dienone is 3. The first-order valence-corrected chi connectivity index (χ1v) is 11.6. The van der Waals surface area contributed by atoms with E-state index in [-0.39, 0.29) is 12.0 Å². The van der Waals surface area contributed by atoms with Crippen molar-refractivity contribution in [2.45, 2.75) is 45.6 Å². The van der Waals surface area contributed by atoms with E-state index in [4.69, 9.17) is 4.74 Å². The number of ether oxygens (including phenoxy) is 1. The minimum absolute atomic E-state index is 0.168. The average Bonchev–Trinajstić information content (AvgIpc) is 2.87. The van der Waals surface area contributed by atoms with E-state index < -0.39 is 0 Å². The van der Waals surface area contributed by atoms with Gasteiger partial charge in [0.05, 0.1) is 11.5 Å². The van der Waals surface area contributed by atoms with Gasteiger partial charge in [-0.1, -0.05) is 43.0 Å². The van der Waals surface area contributed by atoms with Gasteiger partial charge >= 0.3 is 0 Å². The van der Waals surface area contributed by atoms with E-state index in [0.29, 0.717) is 11.7 Å². The first-order valence-electron chi connectivity index (χ1n) is 11.6. The number of pyridine rings is 1. The summed E-state index contributed by atoms with van der Waals surface area (Å²) in [7, 11) is 3.84. The molecule has 0 radical (unpaired) electrons. The Bertz CT molecular complexity index is 1200. The van der Waals surface area contributed by atoms with Crippen LogP contribution in [0.4, 0.5) is 0 Å². The Morgan fingerprint density at radius 2 is 1.94 bits per heavy atom. The lowest BCUT2D eigenvalue weighted by atomic mass is 9.79. The van der Waals surface area contributed by atoms with Gasteiger partial charge in [0.25, 0.3) is 0 Å². The fourth-order valence-corrected chi connectivity index (χ4v) is 5.28. The van der Waals surface area contributed by atoms with Gasteiger partial charge in [-0.2, -0.15) is 4.57 Å². The van der Waals surface area contributed by atoms with Crippen LogP contribution in [0.2, 0.25) is 0 Å². The number of nitrogens with zero attached hydrogens (tertiary/aromatic N) is 3. The van der Waals surface area contributed by atoms with Gasteiger partial charge in [-0.25, -0.2) is 0 Å². The molecule has 0 bridgehead atoms. The third-order valence-corrected chi connectivity index (χ3v) is 6.99. The van der Waals surface area contributed by atoms with Gasteiger partial charge in [0.1, 0.15) is 5.76 Å². The Morgan fingerprint density at radius 3 is 2.67 bits per heavy atom. The van der Waals surface area contributed by atoms with Crippen molar-refractivity contribution in [3.05, 3.63) is 102 Å². The van der Waals surface area contributed by atoms with Crippen LogP contribution in [0.25, 0.3) is 11.3 Å².